The predicted molar refractivity (Wildman–Crippen MR) is 63.5 cm³/mol. The number of aromatic nitrogens is 1. The molecule has 8 heteroatoms. The van der Waals surface area contributed by atoms with Crippen LogP contribution in [0.3, 0.4) is 0 Å². The SMILES string of the molecule is CCOC(=O)CN(C)S(=O)(=O)c1c[nH]ccc1=O. The van der Waals surface area contributed by atoms with E-state index in [0.717, 1.165) is 16.6 Å². The van der Waals surface area contributed by atoms with Gasteiger partial charge in [-0.2, -0.15) is 4.31 Å². The zero-order chi connectivity index (χ0) is 13.8. The fraction of sp³-hybridized carbons (Fsp3) is 0.400. The van der Waals surface area contributed by atoms with Crippen LogP contribution < -0.4 is 5.43 Å². The Morgan fingerprint density at radius 1 is 1.50 bits per heavy atom. The number of nitrogens with zero attached hydrogens (tertiary/aromatic N) is 1. The number of sulfonamides is 1. The summed E-state index contributed by atoms with van der Waals surface area (Å²) in [6, 6.07) is 1.10. The fourth-order valence-corrected chi connectivity index (χ4v) is 2.39. The lowest BCUT2D eigenvalue weighted by atomic mass is 10.5. The fourth-order valence-electron chi connectivity index (χ4n) is 1.24. The topological polar surface area (TPSA) is 96.5 Å². The van der Waals surface area contributed by atoms with Gasteiger partial charge >= 0.3 is 5.97 Å². The third-order valence-corrected chi connectivity index (χ3v) is 3.96. The number of hydrogen-bond donors (Lipinski definition) is 1. The molecule has 0 radical (unpaired) electrons. The third kappa shape index (κ3) is 3.17. The molecule has 0 amide bonds. The van der Waals surface area contributed by atoms with Gasteiger partial charge in [0, 0.05) is 25.5 Å². The summed E-state index contributed by atoms with van der Waals surface area (Å²) >= 11 is 0. The van der Waals surface area contributed by atoms with Gasteiger partial charge < -0.3 is 9.72 Å². The Bertz CT molecular complexity index is 578. The standard InChI is InChI=1S/C10H14N2O5S/c1-3-17-10(14)7-12(2)18(15,16)9-6-11-5-4-8(9)13/h4-6H,3,7H2,1-2H3,(H,11,13). The number of nitrogens with one attached hydrogen (secondary N) is 1. The molecule has 1 N–H and O–H groups in total. The maximum Gasteiger partial charge on any atom is 0.321 e. The van der Waals surface area contributed by atoms with Crippen molar-refractivity contribution < 1.29 is 17.9 Å². The Balaban J connectivity index is 2.98. The van der Waals surface area contributed by atoms with Gasteiger partial charge in [0.25, 0.3) is 0 Å². The van der Waals surface area contributed by atoms with Crippen LogP contribution in [0.5, 0.6) is 0 Å². The first-order chi connectivity index (χ1) is 8.39. The van der Waals surface area contributed by atoms with Crippen molar-refractivity contribution in [2.75, 3.05) is 20.2 Å². The van der Waals surface area contributed by atoms with E-state index in [1.807, 2.05) is 0 Å². The van der Waals surface area contributed by atoms with Gasteiger partial charge in [0.2, 0.25) is 15.5 Å². The minimum absolute atomic E-state index is 0.165. The Labute approximate surface area is 104 Å². The van der Waals surface area contributed by atoms with E-state index in [1.165, 1.54) is 13.2 Å². The lowest BCUT2D eigenvalue weighted by molar-refractivity contribution is -0.143. The molecule has 0 aliphatic heterocycles. The van der Waals surface area contributed by atoms with E-state index >= 15 is 0 Å². The van der Waals surface area contributed by atoms with E-state index in [9.17, 15) is 18.0 Å². The second kappa shape index (κ2) is 5.78. The number of pyridine rings is 1. The zero-order valence-electron chi connectivity index (χ0n) is 10.0. The first kappa shape index (κ1) is 14.4. The number of carbonyl (C=O) groups is 1. The molecular formula is C10H14N2O5S. The summed E-state index contributed by atoms with van der Waals surface area (Å²) in [6.07, 6.45) is 2.41. The average molecular weight is 274 g/mol. The lowest BCUT2D eigenvalue weighted by Crippen LogP contribution is -2.35. The van der Waals surface area contributed by atoms with Crippen molar-refractivity contribution in [3.05, 3.63) is 28.7 Å². The summed E-state index contributed by atoms with van der Waals surface area (Å²) in [7, 11) is -2.79. The Morgan fingerprint density at radius 2 is 2.17 bits per heavy atom. The lowest BCUT2D eigenvalue weighted by Gasteiger charge is -2.15. The first-order valence-electron chi connectivity index (χ1n) is 5.18. The highest BCUT2D eigenvalue weighted by Crippen LogP contribution is 2.08. The molecule has 0 atom stereocenters. The molecule has 1 heterocycles. The summed E-state index contributed by atoms with van der Waals surface area (Å²) in [5, 5.41) is 0. The molecule has 1 aromatic rings. The van der Waals surface area contributed by atoms with E-state index < -0.39 is 32.9 Å². The second-order valence-electron chi connectivity index (χ2n) is 3.44. The van der Waals surface area contributed by atoms with Gasteiger partial charge in [0.1, 0.15) is 11.4 Å². The molecule has 0 aromatic carbocycles. The predicted octanol–water partition coefficient (Wildman–Crippen LogP) is -0.442. The summed E-state index contributed by atoms with van der Waals surface area (Å²) in [6.45, 7) is 1.34. The van der Waals surface area contributed by atoms with E-state index in [0.29, 0.717) is 0 Å². The molecule has 7 nitrogen and oxygen atoms in total. The van der Waals surface area contributed by atoms with Gasteiger partial charge in [0.05, 0.1) is 6.61 Å². The van der Waals surface area contributed by atoms with E-state index in [-0.39, 0.29) is 6.61 Å². The third-order valence-electron chi connectivity index (χ3n) is 2.13. The summed E-state index contributed by atoms with van der Waals surface area (Å²) in [5.41, 5.74) is -0.635. The summed E-state index contributed by atoms with van der Waals surface area (Å²) in [4.78, 5) is 24.8. The molecule has 0 spiro atoms. The van der Waals surface area contributed by atoms with Crippen molar-refractivity contribution >= 4 is 16.0 Å². The molecule has 0 fully saturated rings. The van der Waals surface area contributed by atoms with Crippen LogP contribution in [-0.2, 0) is 19.6 Å². The van der Waals surface area contributed by atoms with Crippen molar-refractivity contribution in [2.45, 2.75) is 11.8 Å². The average Bonchev–Trinajstić information content (AvgIpc) is 2.29. The van der Waals surface area contributed by atoms with Crippen LogP contribution in [0.2, 0.25) is 0 Å². The zero-order valence-corrected chi connectivity index (χ0v) is 10.9. The maximum atomic E-state index is 12.0. The highest BCUT2D eigenvalue weighted by Gasteiger charge is 2.25. The number of carbonyl (C=O) groups excluding carboxylic acids is 1. The number of likely N-dealkylation sites (N-methyl/N-ethyl adjacent to an activating group) is 1. The van der Waals surface area contributed by atoms with Crippen LogP contribution >= 0.6 is 0 Å². The molecule has 0 aliphatic carbocycles. The maximum absolute atomic E-state index is 12.0. The molecule has 0 bridgehead atoms. The van der Waals surface area contributed by atoms with Crippen LogP contribution in [0.1, 0.15) is 6.92 Å². The molecule has 100 valence electrons. The number of H-pyrrole nitrogens is 1. The van der Waals surface area contributed by atoms with Gasteiger partial charge in [-0.25, -0.2) is 8.42 Å². The van der Waals surface area contributed by atoms with E-state index in [4.69, 9.17) is 0 Å². The largest absolute Gasteiger partial charge is 0.465 e. The van der Waals surface area contributed by atoms with Crippen LogP contribution in [0.4, 0.5) is 0 Å². The van der Waals surface area contributed by atoms with Gasteiger partial charge in [-0.1, -0.05) is 0 Å². The van der Waals surface area contributed by atoms with Crippen LogP contribution in [0.15, 0.2) is 28.2 Å². The van der Waals surface area contributed by atoms with E-state index in [1.54, 1.807) is 6.92 Å². The van der Waals surface area contributed by atoms with Crippen molar-refractivity contribution in [3.8, 4) is 0 Å². The normalized spacial score (nSPS) is 11.5. The summed E-state index contributed by atoms with van der Waals surface area (Å²) < 4.78 is 29.4. The van der Waals surface area contributed by atoms with Gasteiger partial charge in [0.15, 0.2) is 0 Å². The number of rotatable bonds is 5. The molecule has 0 unspecified atom stereocenters. The Hall–Kier alpha value is -1.67. The van der Waals surface area contributed by atoms with Crippen LogP contribution in [0, 0.1) is 0 Å². The molecule has 0 aliphatic rings. The van der Waals surface area contributed by atoms with Gasteiger partial charge in [-0.3, -0.25) is 9.59 Å². The van der Waals surface area contributed by atoms with E-state index in [2.05, 4.69) is 9.72 Å². The molecule has 1 aromatic heterocycles. The monoisotopic (exact) mass is 274 g/mol. The second-order valence-corrected chi connectivity index (χ2v) is 5.45. The van der Waals surface area contributed by atoms with Crippen molar-refractivity contribution in [2.24, 2.45) is 0 Å². The number of aromatic amines is 1. The number of ether oxygens (including phenoxy) is 1. The minimum Gasteiger partial charge on any atom is -0.465 e. The van der Waals surface area contributed by atoms with Gasteiger partial charge in [-0.05, 0) is 6.92 Å². The van der Waals surface area contributed by atoms with Gasteiger partial charge in [-0.15, -0.1) is 0 Å². The molecule has 1 rings (SSSR count). The molecule has 0 saturated heterocycles. The molecular weight excluding hydrogens is 260 g/mol. The smallest absolute Gasteiger partial charge is 0.321 e. The minimum atomic E-state index is -3.99. The van der Waals surface area contributed by atoms with Crippen LogP contribution in [0.25, 0.3) is 0 Å². The van der Waals surface area contributed by atoms with Crippen molar-refractivity contribution in [1.29, 1.82) is 0 Å². The van der Waals surface area contributed by atoms with Crippen LogP contribution in [-0.4, -0.2) is 43.9 Å². The highest BCUT2D eigenvalue weighted by molar-refractivity contribution is 7.89. The quantitative estimate of drug-likeness (QED) is 0.734. The highest BCUT2D eigenvalue weighted by atomic mass is 32.2. The number of hydrogen-bond acceptors (Lipinski definition) is 5. The van der Waals surface area contributed by atoms with Crippen molar-refractivity contribution in [3.63, 3.8) is 0 Å². The molecule has 18 heavy (non-hydrogen) atoms. The molecule has 0 saturated carbocycles. The Kier molecular flexibility index (Phi) is 4.62. The first-order valence-corrected chi connectivity index (χ1v) is 6.62. The number of esters is 1. The summed E-state index contributed by atoms with van der Waals surface area (Å²) in [5.74, 6) is -0.670. The Morgan fingerprint density at radius 3 is 2.72 bits per heavy atom. The van der Waals surface area contributed by atoms with Crippen molar-refractivity contribution in [1.82, 2.24) is 9.29 Å².